The van der Waals surface area contributed by atoms with E-state index in [1.54, 1.807) is 31.2 Å². The first kappa shape index (κ1) is 27.7. The van der Waals surface area contributed by atoms with Gasteiger partial charge in [0.25, 0.3) is 17.7 Å². The van der Waals surface area contributed by atoms with Gasteiger partial charge in [0.2, 0.25) is 0 Å². The first-order valence-corrected chi connectivity index (χ1v) is 12.5. The maximum absolute atomic E-state index is 13.2. The third-order valence-electron chi connectivity index (χ3n) is 5.49. The number of barbiturate groups is 1. The lowest BCUT2D eigenvalue weighted by Crippen LogP contribution is -2.54. The lowest BCUT2D eigenvalue weighted by atomic mass is 10.1. The average molecular weight is 568 g/mol. The molecule has 3 aromatic rings. The van der Waals surface area contributed by atoms with E-state index in [1.165, 1.54) is 30.3 Å². The van der Waals surface area contributed by atoms with Crippen molar-refractivity contribution >= 4 is 64.4 Å². The number of nitrogens with one attached hydrogen (secondary N) is 2. The molecule has 3 aromatic carbocycles. The van der Waals surface area contributed by atoms with Crippen molar-refractivity contribution in [1.82, 2.24) is 5.32 Å². The minimum Gasteiger partial charge on any atom is -0.490 e. The van der Waals surface area contributed by atoms with Gasteiger partial charge in [-0.15, -0.1) is 0 Å². The van der Waals surface area contributed by atoms with Crippen molar-refractivity contribution in [1.29, 1.82) is 0 Å². The molecular weight excluding hydrogens is 545 g/mol. The normalized spacial score (nSPS) is 14.3. The van der Waals surface area contributed by atoms with Gasteiger partial charge in [-0.25, -0.2) is 9.69 Å². The van der Waals surface area contributed by atoms with Crippen molar-refractivity contribution in [2.24, 2.45) is 0 Å². The highest BCUT2D eigenvalue weighted by Gasteiger charge is 2.37. The standard InChI is InChI=1S/C28H23Cl2N3O6/c1-3-38-23-13-17(12-22(30)25(23)39-15-24(34)31-19-9-7-16(2)8-10-19)11-21-26(35)32-28(37)33(27(21)36)20-6-4-5-18(29)14-20/h4-14H,3,15H2,1-2H3,(H,31,34)(H,32,35,37)/b21-11+. The minimum atomic E-state index is -0.898. The van der Waals surface area contributed by atoms with Crippen LogP contribution in [0.15, 0.2) is 66.2 Å². The number of imide groups is 2. The summed E-state index contributed by atoms with van der Waals surface area (Å²) in [5.41, 5.74) is 1.90. The number of halogens is 2. The van der Waals surface area contributed by atoms with E-state index < -0.39 is 23.8 Å². The number of urea groups is 1. The maximum Gasteiger partial charge on any atom is 0.335 e. The molecule has 0 saturated carbocycles. The van der Waals surface area contributed by atoms with E-state index in [4.69, 9.17) is 32.7 Å². The number of benzene rings is 3. The number of hydrogen-bond donors (Lipinski definition) is 2. The molecule has 0 bridgehead atoms. The Morgan fingerprint density at radius 3 is 2.46 bits per heavy atom. The van der Waals surface area contributed by atoms with Crippen LogP contribution in [0.25, 0.3) is 6.08 Å². The molecule has 0 radical (unpaired) electrons. The van der Waals surface area contributed by atoms with Crippen LogP contribution in [0, 0.1) is 6.92 Å². The number of hydrogen-bond acceptors (Lipinski definition) is 6. The molecule has 9 nitrogen and oxygen atoms in total. The summed E-state index contributed by atoms with van der Waals surface area (Å²) in [4.78, 5) is 51.4. The lowest BCUT2D eigenvalue weighted by Gasteiger charge is -2.26. The van der Waals surface area contributed by atoms with Gasteiger partial charge in [0.05, 0.1) is 17.3 Å². The molecule has 0 aliphatic carbocycles. The van der Waals surface area contributed by atoms with Gasteiger partial charge in [-0.3, -0.25) is 19.7 Å². The SMILES string of the molecule is CCOc1cc(/C=C2\C(=O)NC(=O)N(c3cccc(Cl)c3)C2=O)cc(Cl)c1OCC(=O)Nc1ccc(C)cc1. The summed E-state index contributed by atoms with van der Waals surface area (Å²) in [6, 6.07) is 15.5. The molecule has 0 atom stereocenters. The van der Waals surface area contributed by atoms with Crippen LogP contribution in [0.5, 0.6) is 11.5 Å². The largest absolute Gasteiger partial charge is 0.490 e. The van der Waals surface area contributed by atoms with Gasteiger partial charge < -0.3 is 14.8 Å². The smallest absolute Gasteiger partial charge is 0.335 e. The Kier molecular flexibility index (Phi) is 8.53. The fraction of sp³-hybridized carbons (Fsp3) is 0.143. The fourth-order valence-corrected chi connectivity index (χ4v) is 4.18. The Hall–Kier alpha value is -4.34. The molecular formula is C28H23Cl2N3O6. The van der Waals surface area contributed by atoms with Crippen LogP contribution >= 0.6 is 23.2 Å². The third kappa shape index (κ3) is 6.57. The molecule has 5 amide bonds. The first-order chi connectivity index (χ1) is 18.7. The number of nitrogens with zero attached hydrogens (tertiary/aromatic N) is 1. The number of carbonyl (C=O) groups excluding carboxylic acids is 4. The van der Waals surface area contributed by atoms with Crippen molar-refractivity contribution < 1.29 is 28.7 Å². The second-order valence-corrected chi connectivity index (χ2v) is 9.25. The molecule has 0 unspecified atom stereocenters. The van der Waals surface area contributed by atoms with Gasteiger partial charge in [-0.1, -0.05) is 47.0 Å². The van der Waals surface area contributed by atoms with Gasteiger partial charge in [0.15, 0.2) is 18.1 Å². The number of ether oxygens (including phenoxy) is 2. The van der Waals surface area contributed by atoms with Gasteiger partial charge in [-0.2, -0.15) is 0 Å². The van der Waals surface area contributed by atoms with Crippen LogP contribution in [-0.2, 0) is 14.4 Å². The van der Waals surface area contributed by atoms with E-state index in [9.17, 15) is 19.2 Å². The predicted molar refractivity (Wildman–Crippen MR) is 148 cm³/mol. The molecule has 1 saturated heterocycles. The number of rotatable bonds is 8. The van der Waals surface area contributed by atoms with Crippen LogP contribution in [0.2, 0.25) is 10.0 Å². The molecule has 2 N–H and O–H groups in total. The molecule has 0 aromatic heterocycles. The van der Waals surface area contributed by atoms with Crippen molar-refractivity contribution in [3.8, 4) is 11.5 Å². The molecule has 11 heteroatoms. The number of carbonyl (C=O) groups is 4. The second-order valence-electron chi connectivity index (χ2n) is 8.40. The van der Waals surface area contributed by atoms with E-state index in [1.807, 2.05) is 19.1 Å². The van der Waals surface area contributed by atoms with Gasteiger partial charge in [0, 0.05) is 10.7 Å². The summed E-state index contributed by atoms with van der Waals surface area (Å²) in [5, 5.41) is 5.28. The highest BCUT2D eigenvalue weighted by molar-refractivity contribution is 6.39. The molecule has 0 spiro atoms. The molecule has 1 heterocycles. The van der Waals surface area contributed by atoms with Crippen molar-refractivity contribution in [2.75, 3.05) is 23.4 Å². The van der Waals surface area contributed by atoms with Crippen molar-refractivity contribution in [3.63, 3.8) is 0 Å². The quantitative estimate of drug-likeness (QED) is 0.279. The van der Waals surface area contributed by atoms with Crippen LogP contribution < -0.4 is 25.0 Å². The van der Waals surface area contributed by atoms with Crippen molar-refractivity contribution in [3.05, 3.63) is 87.4 Å². The second kappa shape index (κ2) is 12.0. The number of anilines is 2. The lowest BCUT2D eigenvalue weighted by molar-refractivity contribution is -0.122. The molecule has 4 rings (SSSR count). The van der Waals surface area contributed by atoms with Crippen LogP contribution in [0.4, 0.5) is 16.2 Å². The summed E-state index contributed by atoms with van der Waals surface area (Å²) in [7, 11) is 0. The average Bonchev–Trinajstić information content (AvgIpc) is 2.87. The van der Waals surface area contributed by atoms with Crippen LogP contribution in [0.1, 0.15) is 18.1 Å². The zero-order valence-corrected chi connectivity index (χ0v) is 22.4. The monoisotopic (exact) mass is 567 g/mol. The fourth-order valence-electron chi connectivity index (χ4n) is 3.72. The molecule has 200 valence electrons. The van der Waals surface area contributed by atoms with Crippen molar-refractivity contribution in [2.45, 2.75) is 13.8 Å². The third-order valence-corrected chi connectivity index (χ3v) is 6.01. The molecule has 39 heavy (non-hydrogen) atoms. The highest BCUT2D eigenvalue weighted by atomic mass is 35.5. The van der Waals surface area contributed by atoms with E-state index in [0.717, 1.165) is 10.5 Å². The summed E-state index contributed by atoms with van der Waals surface area (Å²) >= 11 is 12.5. The Morgan fingerprint density at radius 2 is 1.77 bits per heavy atom. The minimum absolute atomic E-state index is 0.0855. The Labute approximate surface area is 234 Å². The van der Waals surface area contributed by atoms with Gasteiger partial charge >= 0.3 is 6.03 Å². The van der Waals surface area contributed by atoms with E-state index >= 15 is 0 Å². The van der Waals surface area contributed by atoms with E-state index in [2.05, 4.69) is 10.6 Å². The summed E-state index contributed by atoms with van der Waals surface area (Å²) in [5.74, 6) is -1.79. The van der Waals surface area contributed by atoms with Gasteiger partial charge in [-0.05, 0) is 68.0 Å². The van der Waals surface area contributed by atoms with E-state index in [0.29, 0.717) is 16.3 Å². The molecule has 1 fully saturated rings. The van der Waals surface area contributed by atoms with E-state index in [-0.39, 0.29) is 41.0 Å². The van der Waals surface area contributed by atoms with Gasteiger partial charge in [0.1, 0.15) is 5.57 Å². The summed E-state index contributed by atoms with van der Waals surface area (Å²) < 4.78 is 11.3. The number of aryl methyl sites for hydroxylation is 1. The molecule has 1 aliphatic rings. The zero-order chi connectivity index (χ0) is 28.1. The summed E-state index contributed by atoms with van der Waals surface area (Å²) in [6.45, 7) is 3.60. The topological polar surface area (TPSA) is 114 Å². The first-order valence-electron chi connectivity index (χ1n) is 11.8. The molecule has 1 aliphatic heterocycles. The Balaban J connectivity index is 1.58. The highest BCUT2D eigenvalue weighted by Crippen LogP contribution is 2.37. The Morgan fingerprint density at radius 1 is 1.03 bits per heavy atom. The summed E-state index contributed by atoms with van der Waals surface area (Å²) in [6.07, 6.45) is 1.28. The maximum atomic E-state index is 13.2. The zero-order valence-electron chi connectivity index (χ0n) is 20.9. The number of amides is 5. The van der Waals surface area contributed by atoms with Crippen LogP contribution in [0.3, 0.4) is 0 Å². The Bertz CT molecular complexity index is 1490. The van der Waals surface area contributed by atoms with Crippen LogP contribution in [-0.4, -0.2) is 37.0 Å². The predicted octanol–water partition coefficient (Wildman–Crippen LogP) is 5.38.